The molecule has 0 aromatic heterocycles. The maximum Gasteiger partial charge on any atom is 0.157 e. The summed E-state index contributed by atoms with van der Waals surface area (Å²) in [5, 5.41) is 1.05. The van der Waals surface area contributed by atoms with Crippen LogP contribution in [0.1, 0.15) is 84.5 Å². The molecule has 0 spiro atoms. The Kier molecular flexibility index (Phi) is 19.0. The molecule has 0 heterocycles. The van der Waals surface area contributed by atoms with Crippen molar-refractivity contribution in [2.24, 2.45) is 0 Å². The molecule has 0 fully saturated rings. The van der Waals surface area contributed by atoms with E-state index < -0.39 is 0 Å². The predicted molar refractivity (Wildman–Crippen MR) is 99.4 cm³/mol. The van der Waals surface area contributed by atoms with Crippen molar-refractivity contribution in [1.82, 2.24) is 0 Å². The van der Waals surface area contributed by atoms with Crippen LogP contribution in [0, 0.1) is 11.8 Å². The lowest BCUT2D eigenvalue weighted by molar-refractivity contribution is -0.147. The van der Waals surface area contributed by atoms with Gasteiger partial charge in [-0.25, -0.2) is 0 Å². The van der Waals surface area contributed by atoms with Crippen LogP contribution in [0.2, 0.25) is 0 Å². The van der Waals surface area contributed by atoms with E-state index in [-0.39, 0.29) is 6.29 Å². The topological polar surface area (TPSA) is 18.5 Å². The summed E-state index contributed by atoms with van der Waals surface area (Å²) < 4.78 is 11.7. The standard InChI is InChI=1S/C19H35BrO2/c1-3-5-17-21-19(22-18-6-4-2)15-13-11-9-7-8-10-12-14-16-20/h19H,3-7,9,11-18H2,1-2H3. The minimum Gasteiger partial charge on any atom is -0.353 e. The monoisotopic (exact) mass is 374 g/mol. The fourth-order valence-electron chi connectivity index (χ4n) is 1.97. The molecule has 0 aliphatic carbocycles. The molecule has 0 bridgehead atoms. The molecule has 130 valence electrons. The summed E-state index contributed by atoms with van der Waals surface area (Å²) in [5.74, 6) is 6.48. The summed E-state index contributed by atoms with van der Waals surface area (Å²) in [5.41, 5.74) is 0. The zero-order valence-electron chi connectivity index (χ0n) is 14.7. The van der Waals surface area contributed by atoms with E-state index in [9.17, 15) is 0 Å². The van der Waals surface area contributed by atoms with Gasteiger partial charge in [-0.05, 0) is 38.5 Å². The van der Waals surface area contributed by atoms with Crippen molar-refractivity contribution >= 4 is 15.9 Å². The zero-order chi connectivity index (χ0) is 16.3. The smallest absolute Gasteiger partial charge is 0.157 e. The van der Waals surface area contributed by atoms with Crippen LogP contribution >= 0.6 is 15.9 Å². The van der Waals surface area contributed by atoms with E-state index in [0.29, 0.717) is 0 Å². The molecule has 0 rings (SSSR count). The van der Waals surface area contributed by atoms with Gasteiger partial charge in [0.25, 0.3) is 0 Å². The van der Waals surface area contributed by atoms with Gasteiger partial charge in [-0.2, -0.15) is 0 Å². The molecule has 0 aromatic carbocycles. The van der Waals surface area contributed by atoms with Gasteiger partial charge >= 0.3 is 0 Å². The Hall–Kier alpha value is -0.0400. The average molecular weight is 375 g/mol. The van der Waals surface area contributed by atoms with E-state index in [2.05, 4.69) is 41.6 Å². The zero-order valence-corrected chi connectivity index (χ0v) is 16.3. The second-order valence-corrected chi connectivity index (χ2v) is 6.42. The Morgan fingerprint density at radius 3 is 1.91 bits per heavy atom. The fourth-order valence-corrected chi connectivity index (χ4v) is 2.25. The first-order valence-corrected chi connectivity index (χ1v) is 10.2. The SMILES string of the molecule is CCCCOC(CCCCCC#CCCCBr)OCCCC. The van der Waals surface area contributed by atoms with Gasteiger partial charge in [-0.15, -0.1) is 11.8 Å². The molecule has 0 amide bonds. The van der Waals surface area contributed by atoms with Crippen LogP contribution in [-0.4, -0.2) is 24.8 Å². The third kappa shape index (κ3) is 16.3. The van der Waals surface area contributed by atoms with Crippen LogP contribution in [0.15, 0.2) is 0 Å². The van der Waals surface area contributed by atoms with Crippen LogP contribution in [-0.2, 0) is 9.47 Å². The first-order valence-electron chi connectivity index (χ1n) is 9.10. The molecule has 0 atom stereocenters. The van der Waals surface area contributed by atoms with Crippen molar-refractivity contribution in [2.75, 3.05) is 18.5 Å². The van der Waals surface area contributed by atoms with E-state index in [1.165, 1.54) is 32.1 Å². The van der Waals surface area contributed by atoms with Crippen molar-refractivity contribution in [3.8, 4) is 11.8 Å². The van der Waals surface area contributed by atoms with Crippen LogP contribution in [0.25, 0.3) is 0 Å². The number of hydrogen-bond donors (Lipinski definition) is 0. The molecule has 2 nitrogen and oxygen atoms in total. The van der Waals surface area contributed by atoms with Crippen molar-refractivity contribution in [3.63, 3.8) is 0 Å². The van der Waals surface area contributed by atoms with Gasteiger partial charge in [0.05, 0.1) is 0 Å². The normalized spacial score (nSPS) is 10.7. The van der Waals surface area contributed by atoms with Crippen molar-refractivity contribution in [2.45, 2.75) is 90.8 Å². The number of hydrogen-bond acceptors (Lipinski definition) is 2. The summed E-state index contributed by atoms with van der Waals surface area (Å²) in [6, 6.07) is 0. The van der Waals surface area contributed by atoms with Gasteiger partial charge in [0.2, 0.25) is 0 Å². The van der Waals surface area contributed by atoms with Gasteiger partial charge in [0.1, 0.15) is 0 Å². The van der Waals surface area contributed by atoms with E-state index in [4.69, 9.17) is 9.47 Å². The Balaban J connectivity index is 3.64. The van der Waals surface area contributed by atoms with E-state index in [0.717, 1.165) is 57.1 Å². The Bertz CT molecular complexity index is 260. The molecule has 0 aliphatic rings. The van der Waals surface area contributed by atoms with Crippen LogP contribution in [0.4, 0.5) is 0 Å². The molecule has 22 heavy (non-hydrogen) atoms. The summed E-state index contributed by atoms with van der Waals surface area (Å²) in [4.78, 5) is 0. The van der Waals surface area contributed by atoms with Gasteiger partial charge < -0.3 is 9.47 Å². The summed E-state index contributed by atoms with van der Waals surface area (Å²) in [6.07, 6.45) is 12.4. The highest BCUT2D eigenvalue weighted by Crippen LogP contribution is 2.11. The second kappa shape index (κ2) is 19.0. The number of halogens is 1. The third-order valence-electron chi connectivity index (χ3n) is 3.41. The number of unbranched alkanes of at least 4 members (excludes halogenated alkanes) is 6. The summed E-state index contributed by atoms with van der Waals surface area (Å²) in [6.45, 7) is 6.03. The Morgan fingerprint density at radius 1 is 0.773 bits per heavy atom. The van der Waals surface area contributed by atoms with Gasteiger partial charge in [-0.1, -0.05) is 49.0 Å². The second-order valence-electron chi connectivity index (χ2n) is 5.62. The van der Waals surface area contributed by atoms with Crippen molar-refractivity contribution in [1.29, 1.82) is 0 Å². The highest BCUT2D eigenvalue weighted by molar-refractivity contribution is 9.09. The number of rotatable bonds is 15. The molecule has 0 aliphatic heterocycles. The first kappa shape index (κ1) is 22.0. The Morgan fingerprint density at radius 2 is 1.36 bits per heavy atom. The predicted octanol–water partition coefficient (Wildman–Crippen LogP) is 6.07. The van der Waals surface area contributed by atoms with Crippen LogP contribution in [0.5, 0.6) is 0 Å². The summed E-state index contributed by atoms with van der Waals surface area (Å²) in [7, 11) is 0. The lowest BCUT2D eigenvalue weighted by Gasteiger charge is -2.18. The van der Waals surface area contributed by atoms with Gasteiger partial charge in [0.15, 0.2) is 6.29 Å². The summed E-state index contributed by atoms with van der Waals surface area (Å²) >= 11 is 3.42. The lowest BCUT2D eigenvalue weighted by Crippen LogP contribution is -2.18. The van der Waals surface area contributed by atoms with Crippen LogP contribution in [0.3, 0.4) is 0 Å². The molecular weight excluding hydrogens is 340 g/mol. The highest BCUT2D eigenvalue weighted by Gasteiger charge is 2.08. The minimum absolute atomic E-state index is 0.00288. The van der Waals surface area contributed by atoms with E-state index in [1.54, 1.807) is 0 Å². The highest BCUT2D eigenvalue weighted by atomic mass is 79.9. The van der Waals surface area contributed by atoms with Crippen LogP contribution < -0.4 is 0 Å². The lowest BCUT2D eigenvalue weighted by atomic mass is 10.1. The fraction of sp³-hybridized carbons (Fsp3) is 0.895. The van der Waals surface area contributed by atoms with Crippen molar-refractivity contribution in [3.05, 3.63) is 0 Å². The number of alkyl halides is 1. The largest absolute Gasteiger partial charge is 0.353 e. The Labute approximate surface area is 146 Å². The maximum absolute atomic E-state index is 5.85. The molecule has 3 heteroatoms. The molecule has 0 N–H and O–H groups in total. The van der Waals surface area contributed by atoms with Gasteiger partial charge in [-0.3, -0.25) is 0 Å². The number of ether oxygens (including phenoxy) is 2. The van der Waals surface area contributed by atoms with E-state index >= 15 is 0 Å². The van der Waals surface area contributed by atoms with Gasteiger partial charge in [0, 0.05) is 31.4 Å². The maximum atomic E-state index is 5.85. The first-order chi connectivity index (χ1) is 10.8. The molecule has 0 saturated carbocycles. The molecule has 0 saturated heterocycles. The minimum atomic E-state index is 0.00288. The molecule has 0 radical (unpaired) electrons. The molecule has 0 unspecified atom stereocenters. The van der Waals surface area contributed by atoms with E-state index in [1.807, 2.05) is 0 Å². The molecule has 0 aromatic rings. The quantitative estimate of drug-likeness (QED) is 0.150. The van der Waals surface area contributed by atoms with Crippen molar-refractivity contribution < 1.29 is 9.47 Å². The third-order valence-corrected chi connectivity index (χ3v) is 3.97. The average Bonchev–Trinajstić information content (AvgIpc) is 2.53. The molecular formula is C19H35BrO2.